The zero-order chi connectivity index (χ0) is 18.5. The van der Waals surface area contributed by atoms with Crippen LogP contribution in [0.3, 0.4) is 0 Å². The zero-order valence-corrected chi connectivity index (χ0v) is 16.2. The van der Waals surface area contributed by atoms with Crippen LogP contribution in [0, 0.1) is 0 Å². The van der Waals surface area contributed by atoms with Crippen LogP contribution in [0.25, 0.3) is 0 Å². The van der Waals surface area contributed by atoms with Crippen molar-refractivity contribution in [3.8, 4) is 0 Å². The molecule has 4 rings (SSSR count). The van der Waals surface area contributed by atoms with E-state index >= 15 is 0 Å². The number of nitrogens with zero attached hydrogens (tertiary/aromatic N) is 1. The summed E-state index contributed by atoms with van der Waals surface area (Å²) >= 11 is 0. The molecule has 2 aliphatic rings. The fraction of sp³-hybridized carbons (Fsp3) is 0.522. The van der Waals surface area contributed by atoms with Crippen molar-refractivity contribution >= 4 is 0 Å². The lowest BCUT2D eigenvalue weighted by atomic mass is 9.88. The highest BCUT2D eigenvalue weighted by Crippen LogP contribution is 2.29. The molecule has 2 heterocycles. The van der Waals surface area contributed by atoms with E-state index in [9.17, 15) is 0 Å². The minimum atomic E-state index is 0.383. The van der Waals surface area contributed by atoms with E-state index in [4.69, 9.17) is 10.7 Å². The third-order valence-electron chi connectivity index (χ3n) is 6.12. The average Bonchev–Trinajstić information content (AvgIpc) is 2.72. The SMILES string of the molecule is NCCCC(C[C@H]1Cc2ccccc2CN1)N[C@H]1CCCc2cccnc21. The Hall–Kier alpha value is -1.75. The molecule has 2 aromatic rings. The number of fused-ring (bicyclic) bond motifs is 2. The summed E-state index contributed by atoms with van der Waals surface area (Å²) in [6, 6.07) is 14.5. The number of aromatic nitrogens is 1. The highest BCUT2D eigenvalue weighted by Gasteiger charge is 2.26. The number of nitrogens with one attached hydrogen (secondary N) is 2. The van der Waals surface area contributed by atoms with Gasteiger partial charge in [-0.05, 0) is 74.2 Å². The molecule has 0 saturated heterocycles. The smallest absolute Gasteiger partial charge is 0.0605 e. The summed E-state index contributed by atoms with van der Waals surface area (Å²) in [4.78, 5) is 4.71. The molecule has 3 atom stereocenters. The largest absolute Gasteiger partial charge is 0.330 e. The number of aryl methyl sites for hydroxylation is 1. The minimum Gasteiger partial charge on any atom is -0.330 e. The fourth-order valence-corrected chi connectivity index (χ4v) is 4.72. The lowest BCUT2D eigenvalue weighted by Crippen LogP contribution is -2.43. The maximum absolute atomic E-state index is 5.83. The van der Waals surface area contributed by atoms with E-state index in [0.29, 0.717) is 18.1 Å². The molecule has 4 nitrogen and oxygen atoms in total. The number of hydrogen-bond donors (Lipinski definition) is 3. The molecule has 0 bridgehead atoms. The Morgan fingerprint density at radius 3 is 2.89 bits per heavy atom. The summed E-state index contributed by atoms with van der Waals surface area (Å²) < 4.78 is 0. The van der Waals surface area contributed by atoms with Gasteiger partial charge in [-0.25, -0.2) is 0 Å². The molecular formula is C23H32N4. The standard InChI is InChI=1S/C23H32N4/c24-12-4-10-20(15-21-14-18-6-1-2-7-19(18)16-26-21)27-22-11-3-8-17-9-5-13-25-23(17)22/h1-2,5-7,9,13,20-22,26-27H,3-4,8,10-12,14-16,24H2/t20?,21-,22+/m1/s1. The van der Waals surface area contributed by atoms with E-state index in [-0.39, 0.29) is 0 Å². The quantitative estimate of drug-likeness (QED) is 0.706. The Kier molecular flexibility index (Phi) is 6.17. The summed E-state index contributed by atoms with van der Waals surface area (Å²) in [5.41, 5.74) is 11.5. The van der Waals surface area contributed by atoms with Gasteiger partial charge in [-0.2, -0.15) is 0 Å². The minimum absolute atomic E-state index is 0.383. The third-order valence-corrected chi connectivity index (χ3v) is 6.12. The van der Waals surface area contributed by atoms with E-state index in [2.05, 4.69) is 47.0 Å². The summed E-state index contributed by atoms with van der Waals surface area (Å²) in [5, 5.41) is 7.71. The van der Waals surface area contributed by atoms with Gasteiger partial charge in [0.2, 0.25) is 0 Å². The molecule has 0 radical (unpaired) electrons. The highest BCUT2D eigenvalue weighted by atomic mass is 15.0. The van der Waals surface area contributed by atoms with Crippen LogP contribution in [-0.4, -0.2) is 23.6 Å². The molecule has 0 spiro atoms. The van der Waals surface area contributed by atoms with Crippen LogP contribution in [0.2, 0.25) is 0 Å². The number of rotatable bonds is 7. The Bertz CT molecular complexity index is 745. The predicted octanol–water partition coefficient (Wildman–Crippen LogP) is 3.26. The first-order chi connectivity index (χ1) is 13.3. The zero-order valence-electron chi connectivity index (χ0n) is 16.2. The molecule has 0 amide bonds. The van der Waals surface area contributed by atoms with Crippen molar-refractivity contribution in [2.24, 2.45) is 5.73 Å². The molecule has 0 fully saturated rings. The van der Waals surface area contributed by atoms with E-state index < -0.39 is 0 Å². The molecule has 144 valence electrons. The highest BCUT2D eigenvalue weighted by molar-refractivity contribution is 5.30. The van der Waals surface area contributed by atoms with Gasteiger partial charge in [0.25, 0.3) is 0 Å². The predicted molar refractivity (Wildman–Crippen MR) is 111 cm³/mol. The van der Waals surface area contributed by atoms with E-state index in [1.54, 1.807) is 0 Å². The summed E-state index contributed by atoms with van der Waals surface area (Å²) in [7, 11) is 0. The van der Waals surface area contributed by atoms with Gasteiger partial charge in [0.15, 0.2) is 0 Å². The average molecular weight is 365 g/mol. The second-order valence-corrected chi connectivity index (χ2v) is 8.07. The van der Waals surface area contributed by atoms with Crippen LogP contribution in [-0.2, 0) is 19.4 Å². The van der Waals surface area contributed by atoms with E-state index in [1.807, 2.05) is 6.20 Å². The Morgan fingerprint density at radius 1 is 1.15 bits per heavy atom. The van der Waals surface area contributed by atoms with Gasteiger partial charge in [-0.3, -0.25) is 4.98 Å². The van der Waals surface area contributed by atoms with Gasteiger partial charge in [0.05, 0.1) is 5.69 Å². The molecule has 1 aliphatic heterocycles. The normalized spacial score (nSPS) is 22.7. The van der Waals surface area contributed by atoms with Crippen molar-refractivity contribution in [2.75, 3.05) is 6.54 Å². The maximum atomic E-state index is 5.83. The lowest BCUT2D eigenvalue weighted by molar-refractivity contribution is 0.314. The van der Waals surface area contributed by atoms with Crippen molar-refractivity contribution in [1.29, 1.82) is 0 Å². The van der Waals surface area contributed by atoms with Crippen molar-refractivity contribution < 1.29 is 0 Å². The van der Waals surface area contributed by atoms with Crippen LogP contribution in [0.1, 0.15) is 60.5 Å². The van der Waals surface area contributed by atoms with Crippen LogP contribution in [0.15, 0.2) is 42.6 Å². The molecule has 0 saturated carbocycles. The molecule has 1 aromatic heterocycles. The number of nitrogens with two attached hydrogens (primary N) is 1. The second-order valence-electron chi connectivity index (χ2n) is 8.07. The van der Waals surface area contributed by atoms with Crippen LogP contribution in [0.5, 0.6) is 0 Å². The molecular weight excluding hydrogens is 332 g/mol. The molecule has 27 heavy (non-hydrogen) atoms. The van der Waals surface area contributed by atoms with Crippen LogP contribution < -0.4 is 16.4 Å². The fourth-order valence-electron chi connectivity index (χ4n) is 4.72. The summed E-state index contributed by atoms with van der Waals surface area (Å²) in [5.74, 6) is 0. The van der Waals surface area contributed by atoms with Crippen LogP contribution >= 0.6 is 0 Å². The van der Waals surface area contributed by atoms with Gasteiger partial charge < -0.3 is 16.4 Å². The number of hydrogen-bond acceptors (Lipinski definition) is 4. The summed E-state index contributed by atoms with van der Waals surface area (Å²) in [6.07, 6.45) is 10.0. The molecule has 1 aliphatic carbocycles. The van der Waals surface area contributed by atoms with E-state index in [0.717, 1.165) is 45.2 Å². The molecule has 1 unspecified atom stereocenters. The van der Waals surface area contributed by atoms with Gasteiger partial charge in [0, 0.05) is 30.9 Å². The van der Waals surface area contributed by atoms with E-state index in [1.165, 1.54) is 35.2 Å². The second kappa shape index (κ2) is 8.96. The number of pyridine rings is 1. The Morgan fingerprint density at radius 2 is 2.00 bits per heavy atom. The first-order valence-corrected chi connectivity index (χ1v) is 10.5. The van der Waals surface area contributed by atoms with Crippen LogP contribution in [0.4, 0.5) is 0 Å². The van der Waals surface area contributed by atoms with Crippen molar-refractivity contribution in [3.05, 3.63) is 65.0 Å². The van der Waals surface area contributed by atoms with Gasteiger partial charge >= 0.3 is 0 Å². The Balaban J connectivity index is 1.43. The third kappa shape index (κ3) is 4.57. The number of benzene rings is 1. The lowest BCUT2D eigenvalue weighted by Gasteiger charge is -2.33. The molecule has 4 N–H and O–H groups in total. The summed E-state index contributed by atoms with van der Waals surface area (Å²) in [6.45, 7) is 1.75. The topological polar surface area (TPSA) is 63.0 Å². The van der Waals surface area contributed by atoms with Crippen molar-refractivity contribution in [1.82, 2.24) is 15.6 Å². The molecule has 4 heteroatoms. The van der Waals surface area contributed by atoms with Crippen molar-refractivity contribution in [3.63, 3.8) is 0 Å². The first kappa shape index (κ1) is 18.6. The van der Waals surface area contributed by atoms with Gasteiger partial charge in [-0.15, -0.1) is 0 Å². The van der Waals surface area contributed by atoms with Crippen molar-refractivity contribution in [2.45, 2.75) is 69.6 Å². The Labute approximate surface area is 163 Å². The van der Waals surface area contributed by atoms with Gasteiger partial charge in [-0.1, -0.05) is 30.3 Å². The van der Waals surface area contributed by atoms with Gasteiger partial charge in [0.1, 0.15) is 0 Å². The maximum Gasteiger partial charge on any atom is 0.0605 e. The molecule has 1 aromatic carbocycles. The monoisotopic (exact) mass is 364 g/mol. The first-order valence-electron chi connectivity index (χ1n) is 10.5.